The molecule has 0 aromatic heterocycles. The minimum Gasteiger partial charge on any atom is -0.324 e. The second-order valence-electron chi connectivity index (χ2n) is 7.83. The summed E-state index contributed by atoms with van der Waals surface area (Å²) in [5, 5.41) is 5.23. The maximum Gasteiger partial charge on any atom is 0.264 e. The Labute approximate surface area is 198 Å². The molecule has 0 aliphatic rings. The number of hydrogen-bond donors (Lipinski definition) is 1. The molecule has 0 spiro atoms. The average molecular weight is 479 g/mol. The van der Waals surface area contributed by atoms with E-state index < -0.39 is 15.9 Å². The van der Waals surface area contributed by atoms with Crippen LogP contribution >= 0.6 is 11.6 Å². The van der Waals surface area contributed by atoms with Crippen molar-refractivity contribution in [3.8, 4) is 0 Å². The fourth-order valence-corrected chi connectivity index (χ4v) is 5.40. The standard InChI is InChI=1S/C26H23ClN2O3S/c1-18-10-13-22(14-11-18)33(31,32)29(25-15-12-21(27)16-19(25)2)17-26(30)28-24-9-5-7-20-6-3-4-8-23(20)24/h3-16H,17H2,1-2H3,(H,28,30). The molecular weight excluding hydrogens is 456 g/mol. The monoisotopic (exact) mass is 478 g/mol. The smallest absolute Gasteiger partial charge is 0.264 e. The first-order valence-electron chi connectivity index (χ1n) is 10.4. The van der Waals surface area contributed by atoms with Gasteiger partial charge in [-0.3, -0.25) is 9.10 Å². The van der Waals surface area contributed by atoms with E-state index in [1.165, 1.54) is 0 Å². The molecule has 0 unspecified atom stereocenters. The molecule has 0 atom stereocenters. The lowest BCUT2D eigenvalue weighted by molar-refractivity contribution is -0.114. The number of fused-ring (bicyclic) bond motifs is 1. The topological polar surface area (TPSA) is 66.5 Å². The van der Waals surface area contributed by atoms with E-state index in [-0.39, 0.29) is 11.4 Å². The molecule has 5 nitrogen and oxygen atoms in total. The van der Waals surface area contributed by atoms with Crippen LogP contribution in [-0.2, 0) is 14.8 Å². The highest BCUT2D eigenvalue weighted by atomic mass is 35.5. The lowest BCUT2D eigenvalue weighted by Gasteiger charge is -2.26. The van der Waals surface area contributed by atoms with Crippen molar-refractivity contribution in [2.24, 2.45) is 0 Å². The summed E-state index contributed by atoms with van der Waals surface area (Å²) in [7, 11) is -4.01. The first-order chi connectivity index (χ1) is 15.8. The maximum atomic E-state index is 13.6. The quantitative estimate of drug-likeness (QED) is 0.372. The van der Waals surface area contributed by atoms with Crippen molar-refractivity contribution in [2.75, 3.05) is 16.2 Å². The number of anilines is 2. The van der Waals surface area contributed by atoms with E-state index in [4.69, 9.17) is 11.6 Å². The van der Waals surface area contributed by atoms with Crippen LogP contribution in [0.3, 0.4) is 0 Å². The zero-order valence-corrected chi connectivity index (χ0v) is 19.8. The van der Waals surface area contributed by atoms with E-state index >= 15 is 0 Å². The number of rotatable bonds is 6. The highest BCUT2D eigenvalue weighted by Crippen LogP contribution is 2.29. The zero-order valence-electron chi connectivity index (χ0n) is 18.2. The predicted octanol–water partition coefficient (Wildman–Crippen LogP) is 5.94. The zero-order chi connectivity index (χ0) is 23.6. The number of halogens is 1. The molecule has 0 saturated heterocycles. The molecule has 7 heteroatoms. The van der Waals surface area contributed by atoms with Gasteiger partial charge in [-0.15, -0.1) is 0 Å². The molecule has 4 aromatic carbocycles. The highest BCUT2D eigenvalue weighted by molar-refractivity contribution is 7.92. The number of aryl methyl sites for hydroxylation is 2. The van der Waals surface area contributed by atoms with Gasteiger partial charge < -0.3 is 5.32 Å². The van der Waals surface area contributed by atoms with Crippen molar-refractivity contribution >= 4 is 49.7 Å². The van der Waals surface area contributed by atoms with Gasteiger partial charge in [0, 0.05) is 16.1 Å². The molecule has 0 fully saturated rings. The molecule has 4 aromatic rings. The third-order valence-electron chi connectivity index (χ3n) is 5.39. The maximum absolute atomic E-state index is 13.6. The van der Waals surface area contributed by atoms with E-state index in [2.05, 4.69) is 5.32 Å². The minimum absolute atomic E-state index is 0.111. The van der Waals surface area contributed by atoms with Gasteiger partial charge in [-0.05, 0) is 61.2 Å². The molecule has 0 aliphatic carbocycles. The largest absolute Gasteiger partial charge is 0.324 e. The molecule has 4 rings (SSSR count). The molecule has 1 N–H and O–H groups in total. The van der Waals surface area contributed by atoms with Crippen LogP contribution in [0.15, 0.2) is 89.8 Å². The second-order valence-corrected chi connectivity index (χ2v) is 10.1. The minimum atomic E-state index is -4.01. The summed E-state index contributed by atoms with van der Waals surface area (Å²) < 4.78 is 28.3. The van der Waals surface area contributed by atoms with Crippen molar-refractivity contribution < 1.29 is 13.2 Å². The van der Waals surface area contributed by atoms with Crippen molar-refractivity contribution in [3.63, 3.8) is 0 Å². The van der Waals surface area contributed by atoms with Gasteiger partial charge in [0.2, 0.25) is 5.91 Å². The normalized spacial score (nSPS) is 11.4. The number of benzene rings is 4. The lowest BCUT2D eigenvalue weighted by atomic mass is 10.1. The third kappa shape index (κ3) is 4.87. The predicted molar refractivity (Wildman–Crippen MR) is 134 cm³/mol. The Balaban J connectivity index is 1.71. The number of amides is 1. The molecule has 0 radical (unpaired) electrons. The van der Waals surface area contributed by atoms with Crippen LogP contribution in [-0.4, -0.2) is 20.9 Å². The SMILES string of the molecule is Cc1ccc(S(=O)(=O)N(CC(=O)Nc2cccc3ccccc23)c2ccc(Cl)cc2C)cc1. The Bertz CT molecular complexity index is 1430. The van der Waals surface area contributed by atoms with E-state index in [0.717, 1.165) is 20.6 Å². The molecule has 0 bridgehead atoms. The first kappa shape index (κ1) is 22.8. The highest BCUT2D eigenvalue weighted by Gasteiger charge is 2.28. The van der Waals surface area contributed by atoms with Crippen LogP contribution < -0.4 is 9.62 Å². The van der Waals surface area contributed by atoms with Gasteiger partial charge in [0.1, 0.15) is 6.54 Å². The van der Waals surface area contributed by atoms with Crippen LogP contribution in [0.1, 0.15) is 11.1 Å². The molecule has 33 heavy (non-hydrogen) atoms. The summed E-state index contributed by atoms with van der Waals surface area (Å²) >= 11 is 6.09. The van der Waals surface area contributed by atoms with Gasteiger partial charge >= 0.3 is 0 Å². The van der Waals surface area contributed by atoms with Crippen LogP contribution in [0.25, 0.3) is 10.8 Å². The molecule has 1 amide bonds. The summed E-state index contributed by atoms with van der Waals surface area (Å²) in [4.78, 5) is 13.2. The molecule has 0 saturated carbocycles. The van der Waals surface area contributed by atoms with Crippen molar-refractivity contribution in [1.82, 2.24) is 0 Å². The van der Waals surface area contributed by atoms with Crippen molar-refractivity contribution in [2.45, 2.75) is 18.7 Å². The fraction of sp³-hybridized carbons (Fsp3) is 0.115. The number of sulfonamides is 1. The summed E-state index contributed by atoms with van der Waals surface area (Å²) in [6.45, 7) is 3.26. The van der Waals surface area contributed by atoms with Gasteiger partial charge in [-0.2, -0.15) is 0 Å². The van der Waals surface area contributed by atoms with Crippen LogP contribution in [0.2, 0.25) is 5.02 Å². The van der Waals surface area contributed by atoms with Crippen LogP contribution in [0.5, 0.6) is 0 Å². The molecule has 0 aliphatic heterocycles. The second kappa shape index (κ2) is 9.25. The summed E-state index contributed by atoms with van der Waals surface area (Å²) in [5.74, 6) is -0.448. The summed E-state index contributed by atoms with van der Waals surface area (Å²) in [6.07, 6.45) is 0. The van der Waals surface area contributed by atoms with Gasteiger partial charge in [-0.25, -0.2) is 8.42 Å². The van der Waals surface area contributed by atoms with Gasteiger partial charge in [0.15, 0.2) is 0 Å². The van der Waals surface area contributed by atoms with E-state index in [1.807, 2.05) is 43.3 Å². The van der Waals surface area contributed by atoms with E-state index in [9.17, 15) is 13.2 Å². The van der Waals surface area contributed by atoms with Crippen LogP contribution in [0, 0.1) is 13.8 Å². The summed E-state index contributed by atoms with van der Waals surface area (Å²) in [5.41, 5.74) is 2.61. The van der Waals surface area contributed by atoms with E-state index in [1.54, 1.807) is 55.5 Å². The van der Waals surface area contributed by atoms with Crippen LogP contribution in [0.4, 0.5) is 11.4 Å². The molecular formula is C26H23ClN2O3S. The average Bonchev–Trinajstić information content (AvgIpc) is 2.78. The van der Waals surface area contributed by atoms with Gasteiger partial charge in [0.25, 0.3) is 10.0 Å². The fourth-order valence-electron chi connectivity index (χ4n) is 3.69. The summed E-state index contributed by atoms with van der Waals surface area (Å²) in [6, 6.07) is 24.8. The Morgan fingerprint density at radius 2 is 1.61 bits per heavy atom. The molecule has 168 valence electrons. The van der Waals surface area contributed by atoms with Gasteiger partial charge in [0.05, 0.1) is 10.6 Å². The Kier molecular flexibility index (Phi) is 6.40. The van der Waals surface area contributed by atoms with Gasteiger partial charge in [-0.1, -0.05) is 65.7 Å². The number of nitrogens with zero attached hydrogens (tertiary/aromatic N) is 1. The van der Waals surface area contributed by atoms with E-state index in [0.29, 0.717) is 22.0 Å². The van der Waals surface area contributed by atoms with Crippen molar-refractivity contribution in [1.29, 1.82) is 0 Å². The van der Waals surface area contributed by atoms with Crippen molar-refractivity contribution in [3.05, 3.63) is 101 Å². The Morgan fingerprint density at radius 1 is 0.909 bits per heavy atom. The Hall–Kier alpha value is -3.35. The number of hydrogen-bond acceptors (Lipinski definition) is 3. The Morgan fingerprint density at radius 3 is 2.33 bits per heavy atom. The third-order valence-corrected chi connectivity index (χ3v) is 7.40. The number of nitrogens with one attached hydrogen (secondary N) is 1. The number of carbonyl (C=O) groups excluding carboxylic acids is 1. The first-order valence-corrected chi connectivity index (χ1v) is 12.2. The lowest BCUT2D eigenvalue weighted by Crippen LogP contribution is -2.38. The number of carbonyl (C=O) groups is 1. The molecule has 0 heterocycles.